The van der Waals surface area contributed by atoms with Gasteiger partial charge in [0.15, 0.2) is 0 Å². The van der Waals surface area contributed by atoms with Crippen LogP contribution in [-0.4, -0.2) is 38.9 Å². The van der Waals surface area contributed by atoms with Crippen LogP contribution < -0.4 is 5.32 Å². The molecule has 1 aliphatic carbocycles. The molecule has 1 N–H and O–H groups in total. The molecule has 0 heterocycles. The lowest BCUT2D eigenvalue weighted by molar-refractivity contribution is -0.145. The Morgan fingerprint density at radius 3 is 2.33 bits per heavy atom. The number of ether oxygens (including phenoxy) is 2. The molecule has 1 aliphatic rings. The van der Waals surface area contributed by atoms with E-state index in [1.54, 1.807) is 7.11 Å². The first-order valence-corrected chi connectivity index (χ1v) is 7.01. The van der Waals surface area contributed by atoms with Crippen LogP contribution in [0.3, 0.4) is 0 Å². The monoisotopic (exact) mass is 257 g/mol. The third-order valence-corrected chi connectivity index (χ3v) is 3.72. The van der Waals surface area contributed by atoms with Gasteiger partial charge in [0.25, 0.3) is 0 Å². The van der Waals surface area contributed by atoms with E-state index < -0.39 is 0 Å². The molecule has 0 amide bonds. The molecule has 2 atom stereocenters. The average Bonchev–Trinajstić information content (AvgIpc) is 2.63. The SMILES string of the molecule is COCC(C)C(NC1CCCCCC1)C(=O)OC. The quantitative estimate of drug-likeness (QED) is 0.585. The van der Waals surface area contributed by atoms with Crippen molar-refractivity contribution in [3.8, 4) is 0 Å². The summed E-state index contributed by atoms with van der Waals surface area (Å²) in [4.78, 5) is 11.8. The van der Waals surface area contributed by atoms with Crippen LogP contribution in [-0.2, 0) is 14.3 Å². The Labute approximate surface area is 110 Å². The van der Waals surface area contributed by atoms with Gasteiger partial charge in [0, 0.05) is 19.1 Å². The standard InChI is InChI=1S/C14H27NO3/c1-11(10-17-2)13(14(16)18-3)15-12-8-6-4-5-7-9-12/h11-13,15H,4-10H2,1-3H3. The summed E-state index contributed by atoms with van der Waals surface area (Å²) in [6, 6.07) is 0.189. The molecule has 1 fully saturated rings. The number of methoxy groups -OCH3 is 2. The highest BCUT2D eigenvalue weighted by Gasteiger charge is 2.28. The Hall–Kier alpha value is -0.610. The van der Waals surface area contributed by atoms with Crippen LogP contribution in [0, 0.1) is 5.92 Å². The number of carbonyl (C=O) groups is 1. The molecule has 0 aromatic rings. The number of carbonyl (C=O) groups excluding carboxylic acids is 1. The first kappa shape index (κ1) is 15.4. The van der Waals surface area contributed by atoms with Gasteiger partial charge >= 0.3 is 5.97 Å². The van der Waals surface area contributed by atoms with Crippen molar-refractivity contribution in [2.24, 2.45) is 5.92 Å². The van der Waals surface area contributed by atoms with E-state index in [2.05, 4.69) is 5.32 Å². The van der Waals surface area contributed by atoms with E-state index in [0.29, 0.717) is 12.6 Å². The van der Waals surface area contributed by atoms with Crippen molar-refractivity contribution < 1.29 is 14.3 Å². The average molecular weight is 257 g/mol. The molecule has 0 radical (unpaired) electrons. The lowest BCUT2D eigenvalue weighted by Crippen LogP contribution is -2.48. The van der Waals surface area contributed by atoms with Crippen LogP contribution in [0.25, 0.3) is 0 Å². The molecule has 0 spiro atoms. The van der Waals surface area contributed by atoms with Gasteiger partial charge in [0.2, 0.25) is 0 Å². The fourth-order valence-electron chi connectivity index (χ4n) is 2.65. The summed E-state index contributed by atoms with van der Waals surface area (Å²) < 4.78 is 10.0. The highest BCUT2D eigenvalue weighted by Crippen LogP contribution is 2.19. The van der Waals surface area contributed by atoms with Gasteiger partial charge in [0.05, 0.1) is 13.7 Å². The number of hydrogen-bond acceptors (Lipinski definition) is 4. The molecule has 2 unspecified atom stereocenters. The third kappa shape index (κ3) is 4.94. The van der Waals surface area contributed by atoms with E-state index in [0.717, 1.165) is 12.8 Å². The van der Waals surface area contributed by atoms with Crippen molar-refractivity contribution in [2.45, 2.75) is 57.5 Å². The number of rotatable bonds is 6. The van der Waals surface area contributed by atoms with Crippen molar-refractivity contribution in [3.05, 3.63) is 0 Å². The lowest BCUT2D eigenvalue weighted by Gasteiger charge is -2.27. The second kappa shape index (κ2) is 8.48. The molecule has 0 aromatic heterocycles. The molecule has 0 saturated heterocycles. The normalized spacial score (nSPS) is 21.1. The highest BCUT2D eigenvalue weighted by atomic mass is 16.5. The highest BCUT2D eigenvalue weighted by molar-refractivity contribution is 5.76. The molecule has 18 heavy (non-hydrogen) atoms. The topological polar surface area (TPSA) is 47.6 Å². The van der Waals surface area contributed by atoms with Gasteiger partial charge in [-0.25, -0.2) is 0 Å². The fraction of sp³-hybridized carbons (Fsp3) is 0.929. The fourth-order valence-corrected chi connectivity index (χ4v) is 2.65. The molecule has 4 nitrogen and oxygen atoms in total. The lowest BCUT2D eigenvalue weighted by atomic mass is 10.00. The number of esters is 1. The second-order valence-corrected chi connectivity index (χ2v) is 5.29. The molecule has 1 rings (SSSR count). The van der Waals surface area contributed by atoms with Gasteiger partial charge in [-0.1, -0.05) is 32.6 Å². The van der Waals surface area contributed by atoms with E-state index >= 15 is 0 Å². The molecular formula is C14H27NO3. The maximum atomic E-state index is 11.8. The van der Waals surface area contributed by atoms with Crippen molar-refractivity contribution >= 4 is 5.97 Å². The largest absolute Gasteiger partial charge is 0.468 e. The Morgan fingerprint density at radius 2 is 1.83 bits per heavy atom. The zero-order chi connectivity index (χ0) is 13.4. The predicted molar refractivity (Wildman–Crippen MR) is 71.5 cm³/mol. The van der Waals surface area contributed by atoms with Crippen LogP contribution in [0.5, 0.6) is 0 Å². The van der Waals surface area contributed by atoms with E-state index in [-0.39, 0.29) is 17.9 Å². The summed E-state index contributed by atoms with van der Waals surface area (Å²) in [6.45, 7) is 2.59. The van der Waals surface area contributed by atoms with Gasteiger partial charge in [-0.05, 0) is 12.8 Å². The van der Waals surface area contributed by atoms with Gasteiger partial charge < -0.3 is 14.8 Å². The van der Waals surface area contributed by atoms with Crippen LogP contribution in [0.1, 0.15) is 45.4 Å². The minimum absolute atomic E-state index is 0.130. The van der Waals surface area contributed by atoms with Gasteiger partial charge in [-0.2, -0.15) is 0 Å². The summed E-state index contributed by atoms with van der Waals surface area (Å²) in [5.41, 5.74) is 0. The Bertz CT molecular complexity index is 237. The molecule has 0 bridgehead atoms. The molecule has 4 heteroatoms. The zero-order valence-corrected chi connectivity index (χ0v) is 11.9. The summed E-state index contributed by atoms with van der Waals surface area (Å²) in [7, 11) is 3.11. The summed E-state index contributed by atoms with van der Waals surface area (Å²) >= 11 is 0. The second-order valence-electron chi connectivity index (χ2n) is 5.29. The smallest absolute Gasteiger partial charge is 0.323 e. The van der Waals surface area contributed by atoms with Crippen LogP contribution in [0.4, 0.5) is 0 Å². The van der Waals surface area contributed by atoms with Crippen LogP contribution in [0.2, 0.25) is 0 Å². The summed E-state index contributed by atoms with van der Waals surface area (Å²) in [5.74, 6) is -0.0468. The number of hydrogen-bond donors (Lipinski definition) is 1. The minimum Gasteiger partial charge on any atom is -0.468 e. The van der Waals surface area contributed by atoms with E-state index in [9.17, 15) is 4.79 Å². The molecule has 0 aromatic carbocycles. The maximum Gasteiger partial charge on any atom is 0.323 e. The number of nitrogens with one attached hydrogen (secondary N) is 1. The first-order chi connectivity index (χ1) is 8.69. The molecule has 1 saturated carbocycles. The first-order valence-electron chi connectivity index (χ1n) is 7.01. The summed E-state index contributed by atoms with van der Waals surface area (Å²) in [6.07, 6.45) is 7.46. The van der Waals surface area contributed by atoms with E-state index in [4.69, 9.17) is 9.47 Å². The van der Waals surface area contributed by atoms with Crippen LogP contribution >= 0.6 is 0 Å². The van der Waals surface area contributed by atoms with Crippen LogP contribution in [0.15, 0.2) is 0 Å². The molecule has 106 valence electrons. The molecule has 0 aliphatic heterocycles. The maximum absolute atomic E-state index is 11.8. The Balaban J connectivity index is 2.55. The van der Waals surface area contributed by atoms with Gasteiger partial charge in [0.1, 0.15) is 6.04 Å². The van der Waals surface area contributed by atoms with Crippen molar-refractivity contribution in [1.82, 2.24) is 5.32 Å². The van der Waals surface area contributed by atoms with E-state index in [1.165, 1.54) is 32.8 Å². The zero-order valence-electron chi connectivity index (χ0n) is 11.9. The van der Waals surface area contributed by atoms with E-state index in [1.807, 2.05) is 6.92 Å². The Kier molecular flexibility index (Phi) is 7.28. The summed E-state index contributed by atoms with van der Waals surface area (Å²) in [5, 5.41) is 3.48. The minimum atomic E-state index is -0.252. The Morgan fingerprint density at radius 1 is 1.22 bits per heavy atom. The predicted octanol–water partition coefficient (Wildman–Crippen LogP) is 2.12. The van der Waals surface area contributed by atoms with Gasteiger partial charge in [-0.3, -0.25) is 4.79 Å². The van der Waals surface area contributed by atoms with Gasteiger partial charge in [-0.15, -0.1) is 0 Å². The van der Waals surface area contributed by atoms with Crippen molar-refractivity contribution in [1.29, 1.82) is 0 Å². The molecular weight excluding hydrogens is 230 g/mol. The van der Waals surface area contributed by atoms with Crippen molar-refractivity contribution in [2.75, 3.05) is 20.8 Å². The third-order valence-electron chi connectivity index (χ3n) is 3.72. The van der Waals surface area contributed by atoms with Crippen molar-refractivity contribution in [3.63, 3.8) is 0 Å².